The summed E-state index contributed by atoms with van der Waals surface area (Å²) in [5, 5.41) is 3.59. The number of hydrogen-bond donors (Lipinski definition) is 0. The lowest BCUT2D eigenvalue weighted by molar-refractivity contribution is -0.137. The Bertz CT molecular complexity index is 673. The fraction of sp³-hybridized carbons (Fsp3) is 0.231. The second kappa shape index (κ2) is 4.73. The molecule has 3 nitrogen and oxygen atoms in total. The highest BCUT2D eigenvalue weighted by Crippen LogP contribution is 2.30. The molecule has 0 saturated carbocycles. The second-order valence-corrected chi connectivity index (χ2v) is 4.35. The SMILES string of the molecule is CC(=O)c1cc(F)c(C)cc1-n1cc(C(F)(F)F)cn1. The summed E-state index contributed by atoms with van der Waals surface area (Å²) >= 11 is 0. The van der Waals surface area contributed by atoms with E-state index >= 15 is 0 Å². The van der Waals surface area contributed by atoms with Crippen LogP contribution < -0.4 is 0 Å². The molecule has 1 heterocycles. The van der Waals surface area contributed by atoms with Crippen molar-refractivity contribution in [2.75, 3.05) is 0 Å². The predicted molar refractivity (Wildman–Crippen MR) is 63.3 cm³/mol. The van der Waals surface area contributed by atoms with Gasteiger partial charge in [-0.1, -0.05) is 0 Å². The quantitative estimate of drug-likeness (QED) is 0.625. The Kier molecular flexibility index (Phi) is 3.37. The minimum absolute atomic E-state index is 0.0232. The molecule has 0 aliphatic heterocycles. The van der Waals surface area contributed by atoms with Crippen LogP contribution >= 0.6 is 0 Å². The molecular weight excluding hydrogens is 276 g/mol. The molecule has 0 N–H and O–H groups in total. The zero-order chi connectivity index (χ0) is 15.1. The van der Waals surface area contributed by atoms with Gasteiger partial charge in [-0.25, -0.2) is 9.07 Å². The molecule has 0 spiro atoms. The number of nitrogens with zero attached hydrogens (tertiary/aromatic N) is 2. The molecular formula is C13H10F4N2O. The van der Waals surface area contributed by atoms with Crippen LogP contribution in [0.15, 0.2) is 24.5 Å². The lowest BCUT2D eigenvalue weighted by atomic mass is 10.1. The van der Waals surface area contributed by atoms with Gasteiger partial charge in [0.1, 0.15) is 5.82 Å². The number of benzene rings is 1. The lowest BCUT2D eigenvalue weighted by Gasteiger charge is -2.09. The highest BCUT2D eigenvalue weighted by Gasteiger charge is 2.32. The fourth-order valence-electron chi connectivity index (χ4n) is 1.74. The van der Waals surface area contributed by atoms with Crippen LogP contribution in [-0.4, -0.2) is 15.6 Å². The highest BCUT2D eigenvalue weighted by molar-refractivity contribution is 5.97. The molecule has 0 unspecified atom stereocenters. The number of aryl methyl sites for hydroxylation is 1. The van der Waals surface area contributed by atoms with Crippen molar-refractivity contribution in [3.8, 4) is 5.69 Å². The van der Waals surface area contributed by atoms with Crippen LogP contribution in [0.3, 0.4) is 0 Å². The van der Waals surface area contributed by atoms with Gasteiger partial charge in [0, 0.05) is 11.8 Å². The van der Waals surface area contributed by atoms with E-state index in [1.807, 2.05) is 0 Å². The van der Waals surface area contributed by atoms with Crippen LogP contribution in [0.1, 0.15) is 28.4 Å². The standard InChI is InChI=1S/C13H10F4N2O/c1-7-3-12(10(8(2)20)4-11(7)14)19-6-9(5-18-19)13(15,16)17/h3-6H,1-2H3. The van der Waals surface area contributed by atoms with Crippen molar-refractivity contribution in [3.05, 3.63) is 47.0 Å². The average molecular weight is 286 g/mol. The number of aromatic nitrogens is 2. The molecule has 0 aliphatic rings. The first-order valence-electron chi connectivity index (χ1n) is 5.63. The van der Waals surface area contributed by atoms with Gasteiger partial charge >= 0.3 is 6.18 Å². The zero-order valence-corrected chi connectivity index (χ0v) is 10.6. The van der Waals surface area contributed by atoms with Crippen molar-refractivity contribution >= 4 is 5.78 Å². The number of carbonyl (C=O) groups is 1. The van der Waals surface area contributed by atoms with E-state index in [9.17, 15) is 22.4 Å². The number of alkyl halides is 3. The van der Waals surface area contributed by atoms with Gasteiger partial charge in [0.15, 0.2) is 5.78 Å². The molecule has 0 radical (unpaired) electrons. The summed E-state index contributed by atoms with van der Waals surface area (Å²) in [6.07, 6.45) is -3.11. The summed E-state index contributed by atoms with van der Waals surface area (Å²) in [5.41, 5.74) is -0.625. The van der Waals surface area contributed by atoms with Gasteiger partial charge in [0.25, 0.3) is 0 Å². The van der Waals surface area contributed by atoms with Crippen LogP contribution in [0.2, 0.25) is 0 Å². The van der Waals surface area contributed by atoms with Crippen LogP contribution in [0.4, 0.5) is 17.6 Å². The molecule has 0 amide bonds. The van der Waals surface area contributed by atoms with Gasteiger partial charge in [0.05, 0.1) is 17.4 Å². The van der Waals surface area contributed by atoms with Crippen molar-refractivity contribution in [1.82, 2.24) is 9.78 Å². The number of halogens is 4. The van der Waals surface area contributed by atoms with E-state index in [2.05, 4.69) is 5.10 Å². The van der Waals surface area contributed by atoms with Crippen LogP contribution in [0.5, 0.6) is 0 Å². The van der Waals surface area contributed by atoms with Crippen molar-refractivity contribution < 1.29 is 22.4 Å². The Hall–Kier alpha value is -2.18. The number of rotatable bonds is 2. The maximum Gasteiger partial charge on any atom is 0.419 e. The molecule has 106 valence electrons. The van der Waals surface area contributed by atoms with Crippen LogP contribution in [0, 0.1) is 12.7 Å². The van der Waals surface area contributed by atoms with Gasteiger partial charge in [-0.05, 0) is 31.5 Å². The first-order valence-corrected chi connectivity index (χ1v) is 5.63. The van der Waals surface area contributed by atoms with E-state index in [1.165, 1.54) is 19.9 Å². The first kappa shape index (κ1) is 14.2. The van der Waals surface area contributed by atoms with E-state index < -0.39 is 23.3 Å². The molecule has 0 bridgehead atoms. The highest BCUT2D eigenvalue weighted by atomic mass is 19.4. The number of carbonyl (C=O) groups excluding carboxylic acids is 1. The molecule has 0 saturated heterocycles. The Morgan fingerprint density at radius 2 is 1.95 bits per heavy atom. The first-order chi connectivity index (χ1) is 9.20. The second-order valence-electron chi connectivity index (χ2n) is 4.35. The van der Waals surface area contributed by atoms with Gasteiger partial charge < -0.3 is 0 Å². The van der Waals surface area contributed by atoms with Crippen molar-refractivity contribution in [2.24, 2.45) is 0 Å². The van der Waals surface area contributed by atoms with Crippen LogP contribution in [-0.2, 0) is 6.18 Å². The summed E-state index contributed by atoms with van der Waals surface area (Å²) in [7, 11) is 0. The Balaban J connectivity index is 2.60. The topological polar surface area (TPSA) is 34.9 Å². The normalized spacial score (nSPS) is 11.7. The predicted octanol–water partition coefficient (Wildman–Crippen LogP) is 3.54. The average Bonchev–Trinajstić information content (AvgIpc) is 2.80. The summed E-state index contributed by atoms with van der Waals surface area (Å²) in [6.45, 7) is 2.67. The fourth-order valence-corrected chi connectivity index (χ4v) is 1.74. The van der Waals surface area contributed by atoms with Crippen LogP contribution in [0.25, 0.3) is 5.69 Å². The Labute approximate surface area is 111 Å². The maximum atomic E-state index is 13.5. The van der Waals surface area contributed by atoms with E-state index in [0.717, 1.165) is 16.9 Å². The smallest absolute Gasteiger partial charge is 0.294 e. The number of Topliss-reactive ketones (excluding diaryl/α,β-unsaturated/α-hetero) is 1. The number of ketones is 1. The summed E-state index contributed by atoms with van der Waals surface area (Å²) < 4.78 is 52.0. The molecule has 1 aromatic heterocycles. The molecule has 0 atom stereocenters. The van der Waals surface area contributed by atoms with E-state index in [4.69, 9.17) is 0 Å². The molecule has 2 aromatic rings. The molecule has 2 rings (SSSR count). The van der Waals surface area contributed by atoms with Gasteiger partial charge in [-0.2, -0.15) is 18.3 Å². The van der Waals surface area contributed by atoms with E-state index in [1.54, 1.807) is 0 Å². The van der Waals surface area contributed by atoms with Gasteiger partial charge in [-0.3, -0.25) is 4.79 Å². The van der Waals surface area contributed by atoms with Crippen molar-refractivity contribution in [3.63, 3.8) is 0 Å². The maximum absolute atomic E-state index is 13.5. The third-order valence-electron chi connectivity index (χ3n) is 2.81. The van der Waals surface area contributed by atoms with Gasteiger partial charge in [0.2, 0.25) is 0 Å². The van der Waals surface area contributed by atoms with Crippen molar-refractivity contribution in [1.29, 1.82) is 0 Å². The summed E-state index contributed by atoms with van der Waals surface area (Å²) in [4.78, 5) is 11.5. The largest absolute Gasteiger partial charge is 0.419 e. The number of hydrogen-bond acceptors (Lipinski definition) is 2. The minimum Gasteiger partial charge on any atom is -0.294 e. The zero-order valence-electron chi connectivity index (χ0n) is 10.6. The molecule has 7 heteroatoms. The Morgan fingerprint density at radius 1 is 1.30 bits per heavy atom. The molecule has 0 aliphatic carbocycles. The monoisotopic (exact) mass is 286 g/mol. The lowest BCUT2D eigenvalue weighted by Crippen LogP contribution is -2.07. The molecule has 1 aromatic carbocycles. The van der Waals surface area contributed by atoms with Crippen molar-refractivity contribution in [2.45, 2.75) is 20.0 Å². The van der Waals surface area contributed by atoms with E-state index in [0.29, 0.717) is 6.20 Å². The minimum atomic E-state index is -4.52. The third-order valence-corrected chi connectivity index (χ3v) is 2.81. The molecule has 0 fully saturated rings. The van der Waals surface area contributed by atoms with Gasteiger partial charge in [-0.15, -0.1) is 0 Å². The molecule has 20 heavy (non-hydrogen) atoms. The Morgan fingerprint density at radius 3 is 2.45 bits per heavy atom. The van der Waals surface area contributed by atoms with E-state index in [-0.39, 0.29) is 16.8 Å². The third kappa shape index (κ3) is 2.56. The summed E-state index contributed by atoms with van der Waals surface area (Å²) in [5.74, 6) is -1.05. The summed E-state index contributed by atoms with van der Waals surface area (Å²) in [6, 6.07) is 2.29.